The van der Waals surface area contributed by atoms with E-state index in [-0.39, 0.29) is 38.6 Å². The number of hydrogen-bond donors (Lipinski definition) is 2. The Kier molecular flexibility index (Phi) is 10.1. The maximum Gasteiger partial charge on any atom is 0.410 e. The lowest BCUT2D eigenvalue weighted by Gasteiger charge is -2.47. The molecule has 3 aliphatic heterocycles. The topological polar surface area (TPSA) is 144 Å². The Morgan fingerprint density at radius 3 is 2.36 bits per heavy atom. The molecule has 12 nitrogen and oxygen atoms in total. The second-order valence-corrected chi connectivity index (χ2v) is 11.2. The zero-order chi connectivity index (χ0) is 31.1. The monoisotopic (exact) mass is 606 g/mol. The fourth-order valence-electron chi connectivity index (χ4n) is 5.95. The van der Waals surface area contributed by atoms with Gasteiger partial charge in [-0.2, -0.15) is 0 Å². The molecular weight excluding hydrogens is 568 g/mol. The molecule has 0 aromatic heterocycles. The molecule has 0 spiro atoms. The van der Waals surface area contributed by atoms with Crippen molar-refractivity contribution in [3.05, 3.63) is 71.8 Å². The minimum atomic E-state index is -1.10. The van der Waals surface area contributed by atoms with Crippen molar-refractivity contribution in [2.45, 2.75) is 76.1 Å². The molecule has 234 valence electrons. The van der Waals surface area contributed by atoms with E-state index in [1.165, 1.54) is 9.80 Å². The van der Waals surface area contributed by atoms with Crippen molar-refractivity contribution in [3.63, 3.8) is 0 Å². The summed E-state index contributed by atoms with van der Waals surface area (Å²) in [5.74, 6) is -1.83. The van der Waals surface area contributed by atoms with Crippen molar-refractivity contribution in [1.29, 1.82) is 0 Å². The first-order valence-corrected chi connectivity index (χ1v) is 15.1. The van der Waals surface area contributed by atoms with Gasteiger partial charge in [0.2, 0.25) is 18.1 Å². The van der Waals surface area contributed by atoms with Gasteiger partial charge in [0, 0.05) is 18.7 Å². The van der Waals surface area contributed by atoms with Crippen molar-refractivity contribution in [1.82, 2.24) is 20.4 Å². The molecule has 2 aromatic carbocycles. The summed E-state index contributed by atoms with van der Waals surface area (Å²) in [5, 5.41) is 5.70. The Hall–Kier alpha value is -4.45. The van der Waals surface area contributed by atoms with Crippen LogP contribution in [-0.4, -0.2) is 89.7 Å². The van der Waals surface area contributed by atoms with Gasteiger partial charge in [-0.3, -0.25) is 19.2 Å². The summed E-state index contributed by atoms with van der Waals surface area (Å²) in [7, 11) is 0. The second kappa shape index (κ2) is 14.3. The number of nitrogens with one attached hydrogen (secondary N) is 2. The number of hydrogen-bond acceptors (Lipinski definition) is 8. The smallest absolute Gasteiger partial charge is 0.410 e. The van der Waals surface area contributed by atoms with Crippen molar-refractivity contribution in [2.75, 3.05) is 19.7 Å². The summed E-state index contributed by atoms with van der Waals surface area (Å²) in [5.41, 5.74) is 1.24. The molecule has 2 N–H and O–H groups in total. The second-order valence-electron chi connectivity index (χ2n) is 11.2. The number of cyclic esters (lactones) is 1. The van der Waals surface area contributed by atoms with Gasteiger partial charge >= 0.3 is 12.1 Å². The van der Waals surface area contributed by atoms with Crippen LogP contribution < -0.4 is 10.6 Å². The van der Waals surface area contributed by atoms with E-state index >= 15 is 0 Å². The van der Waals surface area contributed by atoms with Gasteiger partial charge in [0.15, 0.2) is 0 Å². The Bertz CT molecular complexity index is 1340. The SMILES string of the molecule is CCOC1OC(=O)CC1NC(=O)[C@@H]1CN(C(=O)OCc2ccccc2)C[C@@H]2CCCC[C@H](NC(=O)c3ccccc3)C(=O)N21. The highest BCUT2D eigenvalue weighted by Gasteiger charge is 2.47. The molecule has 0 bridgehead atoms. The summed E-state index contributed by atoms with van der Waals surface area (Å²) >= 11 is 0. The average Bonchev–Trinajstić information content (AvgIpc) is 3.38. The normalized spacial score (nSPS) is 25.2. The van der Waals surface area contributed by atoms with Crippen LogP contribution in [0, 0.1) is 0 Å². The number of piperazine rings is 1. The predicted molar refractivity (Wildman–Crippen MR) is 157 cm³/mol. The summed E-state index contributed by atoms with van der Waals surface area (Å²) in [6.45, 7) is 2.13. The molecule has 5 rings (SSSR count). The highest BCUT2D eigenvalue weighted by molar-refractivity contribution is 5.98. The molecular formula is C32H38N4O8. The quantitative estimate of drug-likeness (QED) is 0.436. The lowest BCUT2D eigenvalue weighted by Crippen LogP contribution is -2.69. The summed E-state index contributed by atoms with van der Waals surface area (Å²) < 4.78 is 16.3. The van der Waals surface area contributed by atoms with Crippen LogP contribution in [-0.2, 0) is 35.2 Å². The van der Waals surface area contributed by atoms with Crippen LogP contribution in [0.25, 0.3) is 0 Å². The van der Waals surface area contributed by atoms with E-state index in [0.29, 0.717) is 24.8 Å². The van der Waals surface area contributed by atoms with Crippen LogP contribution in [0.5, 0.6) is 0 Å². The summed E-state index contributed by atoms with van der Waals surface area (Å²) in [4.78, 5) is 69.4. The molecule has 3 fully saturated rings. The lowest BCUT2D eigenvalue weighted by molar-refractivity contribution is -0.165. The minimum Gasteiger partial charge on any atom is -0.445 e. The molecule has 3 saturated heterocycles. The van der Waals surface area contributed by atoms with E-state index in [0.717, 1.165) is 12.0 Å². The van der Waals surface area contributed by atoms with Gasteiger partial charge in [0.05, 0.1) is 19.0 Å². The molecule has 2 unspecified atom stereocenters. The third-order valence-corrected chi connectivity index (χ3v) is 8.11. The Balaban J connectivity index is 1.38. The van der Waals surface area contributed by atoms with Crippen LogP contribution in [0.2, 0.25) is 0 Å². The average molecular weight is 607 g/mol. The fraction of sp³-hybridized carbons (Fsp3) is 0.469. The largest absolute Gasteiger partial charge is 0.445 e. The Morgan fingerprint density at radius 1 is 0.932 bits per heavy atom. The first-order valence-electron chi connectivity index (χ1n) is 15.1. The minimum absolute atomic E-state index is 0.0610. The number of ether oxygens (including phenoxy) is 3. The van der Waals surface area contributed by atoms with E-state index in [1.807, 2.05) is 30.3 Å². The molecule has 12 heteroatoms. The molecule has 0 radical (unpaired) electrons. The van der Waals surface area contributed by atoms with Gasteiger partial charge in [-0.05, 0) is 37.5 Å². The fourth-order valence-corrected chi connectivity index (χ4v) is 5.95. The highest BCUT2D eigenvalue weighted by Crippen LogP contribution is 2.27. The third kappa shape index (κ3) is 7.36. The number of carbonyl (C=O) groups excluding carboxylic acids is 5. The number of nitrogens with zero attached hydrogens (tertiary/aromatic N) is 2. The molecule has 3 heterocycles. The van der Waals surface area contributed by atoms with Crippen LogP contribution in [0.15, 0.2) is 60.7 Å². The number of amides is 4. The van der Waals surface area contributed by atoms with Crippen molar-refractivity contribution in [3.8, 4) is 0 Å². The van der Waals surface area contributed by atoms with E-state index in [9.17, 15) is 24.0 Å². The van der Waals surface area contributed by atoms with Gasteiger partial charge in [-0.15, -0.1) is 0 Å². The highest BCUT2D eigenvalue weighted by atomic mass is 16.7. The molecule has 5 atom stereocenters. The first kappa shape index (κ1) is 31.0. The maximum atomic E-state index is 14.2. The van der Waals surface area contributed by atoms with Crippen LogP contribution in [0.1, 0.15) is 54.9 Å². The molecule has 0 aliphatic carbocycles. The van der Waals surface area contributed by atoms with Gasteiger partial charge < -0.3 is 34.6 Å². The number of benzene rings is 2. The van der Waals surface area contributed by atoms with Gasteiger partial charge in [0.25, 0.3) is 5.91 Å². The van der Waals surface area contributed by atoms with Crippen LogP contribution >= 0.6 is 0 Å². The summed E-state index contributed by atoms with van der Waals surface area (Å²) in [6.07, 6.45) is 0.746. The van der Waals surface area contributed by atoms with E-state index in [4.69, 9.17) is 14.2 Å². The Morgan fingerprint density at radius 2 is 1.64 bits per heavy atom. The number of carbonyl (C=O) groups is 5. The van der Waals surface area contributed by atoms with Gasteiger partial charge in [-0.1, -0.05) is 61.4 Å². The molecule has 3 aliphatic rings. The molecule has 2 aromatic rings. The van der Waals surface area contributed by atoms with Crippen molar-refractivity contribution < 1.29 is 38.2 Å². The standard InChI is InChI=1S/C32H38N4O8/c1-2-42-31-25(17-27(37)44-31)34-29(39)26-19-35(32(41)43-20-21-11-5-3-6-12-21)18-23-15-9-10-16-24(30(40)36(23)26)33-28(38)22-13-7-4-8-14-22/h3-8,11-14,23-26,31H,2,9-10,15-20H2,1H3,(H,33,38)(H,34,39)/t23-,24-,25?,26-,31?/m0/s1. The van der Waals surface area contributed by atoms with Crippen LogP contribution in [0.3, 0.4) is 0 Å². The van der Waals surface area contributed by atoms with Gasteiger partial charge in [0.1, 0.15) is 24.7 Å². The third-order valence-electron chi connectivity index (χ3n) is 8.11. The number of esters is 1. The van der Waals surface area contributed by atoms with E-state index in [1.54, 1.807) is 37.3 Å². The number of rotatable bonds is 8. The van der Waals surface area contributed by atoms with Gasteiger partial charge in [-0.25, -0.2) is 4.79 Å². The zero-order valence-corrected chi connectivity index (χ0v) is 24.7. The zero-order valence-electron chi connectivity index (χ0n) is 24.7. The summed E-state index contributed by atoms with van der Waals surface area (Å²) in [6, 6.07) is 14.7. The molecule has 44 heavy (non-hydrogen) atoms. The molecule has 4 amide bonds. The van der Waals surface area contributed by atoms with Crippen LogP contribution in [0.4, 0.5) is 4.79 Å². The van der Waals surface area contributed by atoms with Crippen molar-refractivity contribution >= 4 is 29.8 Å². The first-order chi connectivity index (χ1) is 21.3. The molecule has 0 saturated carbocycles. The van der Waals surface area contributed by atoms with Crippen molar-refractivity contribution in [2.24, 2.45) is 0 Å². The van der Waals surface area contributed by atoms with E-state index < -0.39 is 54.3 Å². The van der Waals surface area contributed by atoms with E-state index in [2.05, 4.69) is 10.6 Å². The maximum absolute atomic E-state index is 14.2. The Labute approximate surface area is 256 Å². The number of fused-ring (bicyclic) bond motifs is 1. The lowest BCUT2D eigenvalue weighted by atomic mass is 9.93. The predicted octanol–water partition coefficient (Wildman–Crippen LogP) is 2.37.